The van der Waals surface area contributed by atoms with E-state index in [1.807, 2.05) is 6.08 Å². The SMILES string of the molecule is C=CC(=CC)C(C)CCCC(C)C1CC1C. The summed E-state index contributed by atoms with van der Waals surface area (Å²) in [6.45, 7) is 13.1. The summed E-state index contributed by atoms with van der Waals surface area (Å²) in [5, 5.41) is 0. The van der Waals surface area contributed by atoms with Gasteiger partial charge in [0.2, 0.25) is 0 Å². The molecule has 0 saturated heterocycles. The highest BCUT2D eigenvalue weighted by Crippen LogP contribution is 2.45. The minimum atomic E-state index is 0.686. The van der Waals surface area contributed by atoms with Crippen LogP contribution in [0.1, 0.15) is 53.4 Å². The Morgan fingerprint density at radius 2 is 2.00 bits per heavy atom. The van der Waals surface area contributed by atoms with E-state index in [4.69, 9.17) is 0 Å². The molecule has 0 radical (unpaired) electrons. The van der Waals surface area contributed by atoms with E-state index in [1.54, 1.807) is 0 Å². The zero-order valence-electron chi connectivity index (χ0n) is 11.5. The van der Waals surface area contributed by atoms with Gasteiger partial charge in [-0.15, -0.1) is 0 Å². The average molecular weight is 220 g/mol. The Hall–Kier alpha value is -0.520. The van der Waals surface area contributed by atoms with Crippen molar-refractivity contribution < 1.29 is 0 Å². The Labute approximate surface area is 102 Å². The lowest BCUT2D eigenvalue weighted by molar-refractivity contribution is 0.413. The first-order chi connectivity index (χ1) is 7.60. The van der Waals surface area contributed by atoms with Crippen LogP contribution in [0.2, 0.25) is 0 Å². The minimum Gasteiger partial charge on any atom is -0.0988 e. The molecule has 0 bridgehead atoms. The van der Waals surface area contributed by atoms with Crippen LogP contribution in [-0.2, 0) is 0 Å². The topological polar surface area (TPSA) is 0 Å². The van der Waals surface area contributed by atoms with Crippen LogP contribution in [0.25, 0.3) is 0 Å². The van der Waals surface area contributed by atoms with Crippen LogP contribution in [0.5, 0.6) is 0 Å². The summed E-state index contributed by atoms with van der Waals surface area (Å²) >= 11 is 0. The molecule has 0 aromatic carbocycles. The van der Waals surface area contributed by atoms with Gasteiger partial charge in [-0.2, -0.15) is 0 Å². The van der Waals surface area contributed by atoms with Crippen molar-refractivity contribution >= 4 is 0 Å². The van der Waals surface area contributed by atoms with E-state index in [0.29, 0.717) is 5.92 Å². The fourth-order valence-electron chi connectivity index (χ4n) is 2.87. The third-order valence-electron chi connectivity index (χ3n) is 4.34. The molecular formula is C16H28. The Balaban J connectivity index is 2.17. The van der Waals surface area contributed by atoms with Crippen LogP contribution in [0.15, 0.2) is 24.3 Å². The van der Waals surface area contributed by atoms with Gasteiger partial charge in [-0.1, -0.05) is 57.9 Å². The van der Waals surface area contributed by atoms with Crippen molar-refractivity contribution in [3.05, 3.63) is 24.3 Å². The predicted molar refractivity (Wildman–Crippen MR) is 73.4 cm³/mol. The highest BCUT2D eigenvalue weighted by atomic mass is 14.4. The number of hydrogen-bond acceptors (Lipinski definition) is 0. The molecule has 16 heavy (non-hydrogen) atoms. The molecular weight excluding hydrogens is 192 g/mol. The first-order valence-corrected chi connectivity index (χ1v) is 6.88. The second kappa shape index (κ2) is 6.27. The number of hydrogen-bond donors (Lipinski definition) is 0. The van der Waals surface area contributed by atoms with Crippen molar-refractivity contribution in [2.75, 3.05) is 0 Å². The summed E-state index contributed by atoms with van der Waals surface area (Å²) in [6.07, 6.45) is 9.78. The second-order valence-corrected chi connectivity index (χ2v) is 5.68. The van der Waals surface area contributed by atoms with Crippen molar-refractivity contribution in [1.29, 1.82) is 0 Å². The van der Waals surface area contributed by atoms with Crippen LogP contribution in [0.3, 0.4) is 0 Å². The van der Waals surface area contributed by atoms with Gasteiger partial charge in [-0.05, 0) is 43.4 Å². The molecule has 1 aliphatic rings. The fraction of sp³-hybridized carbons (Fsp3) is 0.750. The zero-order valence-corrected chi connectivity index (χ0v) is 11.5. The van der Waals surface area contributed by atoms with E-state index >= 15 is 0 Å². The fourth-order valence-corrected chi connectivity index (χ4v) is 2.87. The third-order valence-corrected chi connectivity index (χ3v) is 4.34. The molecule has 1 fully saturated rings. The maximum absolute atomic E-state index is 3.88. The lowest BCUT2D eigenvalue weighted by Gasteiger charge is -2.15. The molecule has 0 heterocycles. The monoisotopic (exact) mass is 220 g/mol. The van der Waals surface area contributed by atoms with E-state index in [9.17, 15) is 0 Å². The smallest absolute Gasteiger partial charge is 0.0194 e. The van der Waals surface area contributed by atoms with E-state index < -0.39 is 0 Å². The summed E-state index contributed by atoms with van der Waals surface area (Å²) in [5.74, 6) is 3.67. The molecule has 0 heteroatoms. The van der Waals surface area contributed by atoms with Gasteiger partial charge in [0.05, 0.1) is 0 Å². The van der Waals surface area contributed by atoms with Crippen LogP contribution in [-0.4, -0.2) is 0 Å². The molecule has 4 unspecified atom stereocenters. The van der Waals surface area contributed by atoms with Gasteiger partial charge < -0.3 is 0 Å². The molecule has 0 aromatic rings. The van der Waals surface area contributed by atoms with Gasteiger partial charge in [0, 0.05) is 0 Å². The second-order valence-electron chi connectivity index (χ2n) is 5.68. The van der Waals surface area contributed by atoms with E-state index in [1.165, 1.54) is 31.3 Å². The first-order valence-electron chi connectivity index (χ1n) is 6.88. The van der Waals surface area contributed by atoms with Gasteiger partial charge in [0.1, 0.15) is 0 Å². The summed E-state index contributed by atoms with van der Waals surface area (Å²) in [5.41, 5.74) is 1.41. The molecule has 0 N–H and O–H groups in total. The minimum absolute atomic E-state index is 0.686. The van der Waals surface area contributed by atoms with E-state index in [0.717, 1.165) is 17.8 Å². The normalized spacial score (nSPS) is 28.6. The lowest BCUT2D eigenvalue weighted by atomic mass is 9.91. The van der Waals surface area contributed by atoms with Crippen LogP contribution < -0.4 is 0 Å². The number of rotatable bonds is 7. The van der Waals surface area contributed by atoms with Crippen LogP contribution in [0.4, 0.5) is 0 Å². The van der Waals surface area contributed by atoms with Crippen molar-refractivity contribution in [3.8, 4) is 0 Å². The quantitative estimate of drug-likeness (QED) is 0.516. The van der Waals surface area contributed by atoms with E-state index in [2.05, 4.69) is 40.3 Å². The Morgan fingerprint density at radius 1 is 1.38 bits per heavy atom. The standard InChI is InChI=1S/C16H28/c1-6-15(7-2)12(3)9-8-10-13(4)16-11-14(16)5/h6-7,12-14,16H,1,8-11H2,2-5H3. The van der Waals surface area contributed by atoms with Crippen molar-refractivity contribution in [1.82, 2.24) is 0 Å². The van der Waals surface area contributed by atoms with Crippen LogP contribution in [0, 0.1) is 23.7 Å². The Kier molecular flexibility index (Phi) is 5.31. The first kappa shape index (κ1) is 13.5. The van der Waals surface area contributed by atoms with Crippen molar-refractivity contribution in [2.24, 2.45) is 23.7 Å². The summed E-state index contributed by atoms with van der Waals surface area (Å²) in [7, 11) is 0. The van der Waals surface area contributed by atoms with Gasteiger partial charge >= 0.3 is 0 Å². The summed E-state index contributed by atoms with van der Waals surface area (Å²) in [4.78, 5) is 0. The van der Waals surface area contributed by atoms with Crippen molar-refractivity contribution in [3.63, 3.8) is 0 Å². The predicted octanol–water partition coefficient (Wildman–Crippen LogP) is 5.22. The number of allylic oxidation sites excluding steroid dienone is 3. The molecule has 0 aromatic heterocycles. The molecule has 0 nitrogen and oxygen atoms in total. The zero-order chi connectivity index (χ0) is 12.1. The molecule has 1 aliphatic carbocycles. The molecule has 0 amide bonds. The molecule has 0 aliphatic heterocycles. The Morgan fingerprint density at radius 3 is 2.44 bits per heavy atom. The van der Waals surface area contributed by atoms with Gasteiger partial charge in [-0.3, -0.25) is 0 Å². The molecule has 4 atom stereocenters. The highest BCUT2D eigenvalue weighted by Gasteiger charge is 2.36. The highest BCUT2D eigenvalue weighted by molar-refractivity contribution is 5.17. The summed E-state index contributed by atoms with van der Waals surface area (Å²) in [6, 6.07) is 0. The van der Waals surface area contributed by atoms with Crippen LogP contribution >= 0.6 is 0 Å². The van der Waals surface area contributed by atoms with E-state index in [-0.39, 0.29) is 0 Å². The van der Waals surface area contributed by atoms with Crippen molar-refractivity contribution in [2.45, 2.75) is 53.4 Å². The Bertz CT molecular complexity index is 249. The summed E-state index contributed by atoms with van der Waals surface area (Å²) < 4.78 is 0. The lowest BCUT2D eigenvalue weighted by Crippen LogP contribution is -2.02. The third kappa shape index (κ3) is 3.81. The van der Waals surface area contributed by atoms with Gasteiger partial charge in [0.25, 0.3) is 0 Å². The van der Waals surface area contributed by atoms with Gasteiger partial charge in [-0.25, -0.2) is 0 Å². The van der Waals surface area contributed by atoms with Gasteiger partial charge in [0.15, 0.2) is 0 Å². The molecule has 0 spiro atoms. The maximum Gasteiger partial charge on any atom is -0.0194 e. The average Bonchev–Trinajstić information content (AvgIpc) is 2.97. The molecule has 1 rings (SSSR count). The largest absolute Gasteiger partial charge is 0.0988 e. The maximum atomic E-state index is 3.88. The molecule has 1 saturated carbocycles. The molecule has 92 valence electrons.